The first-order valence-electron chi connectivity index (χ1n) is 8.46. The first-order chi connectivity index (χ1) is 11.7. The number of rotatable bonds is 3. The number of nitrogens with zero attached hydrogens (tertiary/aromatic N) is 3. The number of carbonyl (C=O) groups excluding carboxylic acids is 1. The molecule has 3 aromatic rings. The summed E-state index contributed by atoms with van der Waals surface area (Å²) in [4.78, 5) is 19.2. The molecule has 4 nitrogen and oxygen atoms in total. The summed E-state index contributed by atoms with van der Waals surface area (Å²) in [6.45, 7) is 4.41. The minimum absolute atomic E-state index is 0.196. The summed E-state index contributed by atoms with van der Waals surface area (Å²) in [6.07, 6.45) is 6.12. The van der Waals surface area contributed by atoms with E-state index < -0.39 is 0 Å². The van der Waals surface area contributed by atoms with Crippen molar-refractivity contribution in [2.75, 3.05) is 13.1 Å². The summed E-state index contributed by atoms with van der Waals surface area (Å²) in [7, 11) is 0. The monoisotopic (exact) mass is 339 g/mol. The normalized spacial score (nSPS) is 16.0. The van der Waals surface area contributed by atoms with Crippen LogP contribution in [0.5, 0.6) is 0 Å². The minimum atomic E-state index is 0.196. The SMILES string of the molecule is CC(=O)N1CCC(Cn2ccnc2-c2cc3ccccc3s2)CC1. The van der Waals surface area contributed by atoms with E-state index >= 15 is 0 Å². The van der Waals surface area contributed by atoms with Gasteiger partial charge in [0.05, 0.1) is 4.88 Å². The third kappa shape index (κ3) is 2.96. The Balaban J connectivity index is 1.52. The van der Waals surface area contributed by atoms with Crippen molar-refractivity contribution in [3.05, 3.63) is 42.7 Å². The quantitative estimate of drug-likeness (QED) is 0.723. The molecule has 0 aliphatic carbocycles. The van der Waals surface area contributed by atoms with E-state index in [0.29, 0.717) is 5.92 Å². The molecule has 2 aromatic heterocycles. The lowest BCUT2D eigenvalue weighted by atomic mass is 9.96. The first kappa shape index (κ1) is 15.4. The molecule has 1 aliphatic rings. The highest BCUT2D eigenvalue weighted by Crippen LogP contribution is 2.33. The van der Waals surface area contributed by atoms with Gasteiger partial charge in [0, 0.05) is 43.7 Å². The molecule has 1 aromatic carbocycles. The van der Waals surface area contributed by atoms with E-state index in [9.17, 15) is 4.79 Å². The number of hydrogen-bond donors (Lipinski definition) is 0. The van der Waals surface area contributed by atoms with Crippen molar-refractivity contribution >= 4 is 27.3 Å². The fraction of sp³-hybridized carbons (Fsp3) is 0.368. The van der Waals surface area contributed by atoms with Crippen LogP contribution >= 0.6 is 11.3 Å². The van der Waals surface area contributed by atoms with Crippen LogP contribution in [0.2, 0.25) is 0 Å². The Labute approximate surface area is 145 Å². The Bertz CT molecular complexity index is 825. The van der Waals surface area contributed by atoms with E-state index in [1.165, 1.54) is 15.0 Å². The Morgan fingerprint density at radius 1 is 1.29 bits per heavy atom. The van der Waals surface area contributed by atoms with Crippen LogP contribution in [0, 0.1) is 5.92 Å². The first-order valence-corrected chi connectivity index (χ1v) is 9.28. The molecule has 124 valence electrons. The van der Waals surface area contributed by atoms with E-state index in [1.807, 2.05) is 11.1 Å². The molecule has 5 heteroatoms. The van der Waals surface area contributed by atoms with Crippen molar-refractivity contribution < 1.29 is 4.79 Å². The van der Waals surface area contributed by atoms with Crippen LogP contribution in [-0.4, -0.2) is 33.4 Å². The third-order valence-electron chi connectivity index (χ3n) is 4.88. The smallest absolute Gasteiger partial charge is 0.219 e. The van der Waals surface area contributed by atoms with Crippen molar-refractivity contribution in [3.63, 3.8) is 0 Å². The van der Waals surface area contributed by atoms with E-state index in [0.717, 1.165) is 38.3 Å². The zero-order valence-corrected chi connectivity index (χ0v) is 14.6. The second kappa shape index (κ2) is 6.40. The van der Waals surface area contributed by atoms with Crippen LogP contribution < -0.4 is 0 Å². The number of hydrogen-bond acceptors (Lipinski definition) is 3. The highest BCUT2D eigenvalue weighted by molar-refractivity contribution is 7.22. The predicted octanol–water partition coefficient (Wildman–Crippen LogP) is 4.02. The van der Waals surface area contributed by atoms with Gasteiger partial charge in [-0.3, -0.25) is 4.79 Å². The molecule has 1 saturated heterocycles. The average Bonchev–Trinajstić information content (AvgIpc) is 3.21. The van der Waals surface area contributed by atoms with Crippen LogP contribution in [0.4, 0.5) is 0 Å². The van der Waals surface area contributed by atoms with Crippen molar-refractivity contribution in [2.45, 2.75) is 26.3 Å². The number of piperidine rings is 1. The number of aromatic nitrogens is 2. The molecule has 0 atom stereocenters. The zero-order valence-electron chi connectivity index (χ0n) is 13.8. The van der Waals surface area contributed by atoms with Crippen LogP contribution in [0.3, 0.4) is 0 Å². The number of thiophene rings is 1. The average molecular weight is 339 g/mol. The molecule has 0 spiro atoms. The van der Waals surface area contributed by atoms with Crippen molar-refractivity contribution in [3.8, 4) is 10.7 Å². The van der Waals surface area contributed by atoms with Crippen LogP contribution in [0.25, 0.3) is 20.8 Å². The van der Waals surface area contributed by atoms with Crippen molar-refractivity contribution in [1.82, 2.24) is 14.5 Å². The van der Waals surface area contributed by atoms with Crippen molar-refractivity contribution in [2.24, 2.45) is 5.92 Å². The molecular formula is C19H21N3OS. The minimum Gasteiger partial charge on any atom is -0.343 e. The summed E-state index contributed by atoms with van der Waals surface area (Å²) < 4.78 is 3.58. The maximum Gasteiger partial charge on any atom is 0.219 e. The number of carbonyl (C=O) groups is 1. The molecule has 1 fully saturated rings. The standard InChI is InChI=1S/C19H21N3OS/c1-14(23)21-9-6-15(7-10-21)13-22-11-8-20-19(22)18-12-16-4-2-3-5-17(16)24-18/h2-5,8,11-12,15H,6-7,9-10,13H2,1H3. The second-order valence-corrected chi connectivity index (χ2v) is 7.58. The molecule has 24 heavy (non-hydrogen) atoms. The summed E-state index contributed by atoms with van der Waals surface area (Å²) in [5.74, 6) is 1.87. The number of fused-ring (bicyclic) bond motifs is 1. The van der Waals surface area contributed by atoms with Gasteiger partial charge in [-0.15, -0.1) is 11.3 Å². The molecule has 1 aliphatic heterocycles. The number of benzene rings is 1. The van der Waals surface area contributed by atoms with Crippen molar-refractivity contribution in [1.29, 1.82) is 0 Å². The summed E-state index contributed by atoms with van der Waals surface area (Å²) >= 11 is 1.80. The molecule has 0 bridgehead atoms. The maximum absolute atomic E-state index is 11.5. The topological polar surface area (TPSA) is 38.1 Å². The highest BCUT2D eigenvalue weighted by atomic mass is 32.1. The lowest BCUT2D eigenvalue weighted by Crippen LogP contribution is -2.37. The summed E-state index contributed by atoms with van der Waals surface area (Å²) in [5.41, 5.74) is 0. The molecular weight excluding hydrogens is 318 g/mol. The van der Waals surface area contributed by atoms with E-state index in [-0.39, 0.29) is 5.91 Å². The highest BCUT2D eigenvalue weighted by Gasteiger charge is 2.22. The Morgan fingerprint density at radius 3 is 2.83 bits per heavy atom. The number of imidazole rings is 1. The zero-order chi connectivity index (χ0) is 16.5. The van der Waals surface area contributed by atoms with Crippen LogP contribution in [0.1, 0.15) is 19.8 Å². The molecule has 0 unspecified atom stereocenters. The largest absolute Gasteiger partial charge is 0.343 e. The predicted molar refractivity (Wildman–Crippen MR) is 98.0 cm³/mol. The third-order valence-corrected chi connectivity index (χ3v) is 5.99. The van der Waals surface area contributed by atoms with Gasteiger partial charge < -0.3 is 9.47 Å². The molecule has 0 N–H and O–H groups in total. The Kier molecular flexibility index (Phi) is 4.10. The fourth-order valence-electron chi connectivity index (χ4n) is 3.48. The molecule has 0 saturated carbocycles. The lowest BCUT2D eigenvalue weighted by Gasteiger charge is -2.31. The summed E-state index contributed by atoms with van der Waals surface area (Å²) in [5, 5.41) is 1.28. The van der Waals surface area contributed by atoms with E-state index in [1.54, 1.807) is 18.3 Å². The Hall–Kier alpha value is -2.14. The van der Waals surface area contributed by atoms with Gasteiger partial charge in [-0.2, -0.15) is 0 Å². The molecule has 4 rings (SSSR count). The molecule has 0 radical (unpaired) electrons. The van der Waals surface area contributed by atoms with Gasteiger partial charge in [-0.25, -0.2) is 4.98 Å². The van der Waals surface area contributed by atoms with E-state index in [4.69, 9.17) is 0 Å². The van der Waals surface area contributed by atoms with Gasteiger partial charge in [0.15, 0.2) is 0 Å². The van der Waals surface area contributed by atoms with Gasteiger partial charge in [-0.05, 0) is 36.3 Å². The van der Waals surface area contributed by atoms with E-state index in [2.05, 4.69) is 46.1 Å². The van der Waals surface area contributed by atoms with Gasteiger partial charge in [-0.1, -0.05) is 18.2 Å². The molecule has 1 amide bonds. The van der Waals surface area contributed by atoms with Gasteiger partial charge in [0.25, 0.3) is 0 Å². The second-order valence-electron chi connectivity index (χ2n) is 6.50. The molecule has 3 heterocycles. The summed E-state index contributed by atoms with van der Waals surface area (Å²) in [6, 6.07) is 10.7. The van der Waals surface area contributed by atoms with Crippen LogP contribution in [0.15, 0.2) is 42.7 Å². The Morgan fingerprint density at radius 2 is 2.08 bits per heavy atom. The van der Waals surface area contributed by atoms with Gasteiger partial charge in [0.2, 0.25) is 5.91 Å². The number of amides is 1. The lowest BCUT2D eigenvalue weighted by molar-refractivity contribution is -0.130. The maximum atomic E-state index is 11.5. The number of likely N-dealkylation sites (tertiary alicyclic amines) is 1. The van der Waals surface area contributed by atoms with Crippen LogP contribution in [-0.2, 0) is 11.3 Å². The van der Waals surface area contributed by atoms with Gasteiger partial charge in [0.1, 0.15) is 5.82 Å². The fourth-order valence-corrected chi connectivity index (χ4v) is 4.56. The van der Waals surface area contributed by atoms with Gasteiger partial charge >= 0.3 is 0 Å².